The molecule has 1 unspecified atom stereocenters. The first-order valence-corrected chi connectivity index (χ1v) is 7.35. The number of benzene rings is 2. The van der Waals surface area contributed by atoms with E-state index in [4.69, 9.17) is 27.9 Å². The number of halogens is 2. The number of rotatable bonds is 6. The summed E-state index contributed by atoms with van der Waals surface area (Å²) in [4.78, 5) is 0. The van der Waals surface area contributed by atoms with Gasteiger partial charge in [-0.1, -0.05) is 48.3 Å². The highest BCUT2D eigenvalue weighted by Crippen LogP contribution is 2.25. The highest BCUT2D eigenvalue weighted by atomic mass is 35.5. The van der Waals surface area contributed by atoms with E-state index >= 15 is 0 Å². The second kappa shape index (κ2) is 7.41. The first-order chi connectivity index (χ1) is 9.69. The van der Waals surface area contributed by atoms with Gasteiger partial charge >= 0.3 is 0 Å². The smallest absolute Gasteiger partial charge is 0.119 e. The quantitative estimate of drug-likeness (QED) is 0.785. The summed E-state index contributed by atoms with van der Waals surface area (Å²) in [7, 11) is 0. The molecular formula is C16H17Cl2NO. The Labute approximate surface area is 129 Å². The average Bonchev–Trinajstić information content (AvgIpc) is 2.47. The van der Waals surface area contributed by atoms with Crippen molar-refractivity contribution < 1.29 is 4.74 Å². The SMILES string of the molecule is CCC(CNc1cc(Cl)ccc1Cl)Oc1ccccc1. The van der Waals surface area contributed by atoms with E-state index < -0.39 is 0 Å². The van der Waals surface area contributed by atoms with E-state index in [9.17, 15) is 0 Å². The molecule has 0 bridgehead atoms. The summed E-state index contributed by atoms with van der Waals surface area (Å²) < 4.78 is 5.92. The maximum Gasteiger partial charge on any atom is 0.119 e. The van der Waals surface area contributed by atoms with Crippen LogP contribution in [0.25, 0.3) is 0 Å². The van der Waals surface area contributed by atoms with Gasteiger partial charge in [-0.05, 0) is 36.8 Å². The van der Waals surface area contributed by atoms with E-state index in [0.29, 0.717) is 16.6 Å². The fraction of sp³-hybridized carbons (Fsp3) is 0.250. The van der Waals surface area contributed by atoms with Gasteiger partial charge in [0.05, 0.1) is 17.3 Å². The van der Waals surface area contributed by atoms with Crippen molar-refractivity contribution in [2.45, 2.75) is 19.4 Å². The third-order valence-electron chi connectivity index (χ3n) is 2.95. The Morgan fingerprint density at radius 3 is 2.55 bits per heavy atom. The predicted molar refractivity (Wildman–Crippen MR) is 86.1 cm³/mol. The molecule has 2 aromatic carbocycles. The number of nitrogens with one attached hydrogen (secondary N) is 1. The minimum atomic E-state index is 0.0763. The van der Waals surface area contributed by atoms with Crippen LogP contribution < -0.4 is 10.1 Å². The molecule has 0 fully saturated rings. The largest absolute Gasteiger partial charge is 0.489 e. The van der Waals surface area contributed by atoms with E-state index in [1.807, 2.05) is 36.4 Å². The molecule has 0 aliphatic heterocycles. The van der Waals surface area contributed by atoms with E-state index in [0.717, 1.165) is 17.9 Å². The molecule has 0 radical (unpaired) electrons. The second-order valence-electron chi connectivity index (χ2n) is 4.47. The summed E-state index contributed by atoms with van der Waals surface area (Å²) in [5.41, 5.74) is 0.828. The molecule has 1 N–H and O–H groups in total. The zero-order valence-corrected chi connectivity index (χ0v) is 12.8. The maximum atomic E-state index is 6.12. The van der Waals surface area contributed by atoms with Crippen LogP contribution in [0.3, 0.4) is 0 Å². The lowest BCUT2D eigenvalue weighted by Crippen LogP contribution is -2.25. The highest BCUT2D eigenvalue weighted by Gasteiger charge is 2.09. The molecule has 2 aromatic rings. The van der Waals surface area contributed by atoms with Gasteiger partial charge < -0.3 is 10.1 Å². The molecular weight excluding hydrogens is 293 g/mol. The lowest BCUT2D eigenvalue weighted by Gasteiger charge is -2.19. The van der Waals surface area contributed by atoms with Crippen molar-refractivity contribution >= 4 is 28.9 Å². The lowest BCUT2D eigenvalue weighted by molar-refractivity contribution is 0.210. The molecule has 106 valence electrons. The molecule has 0 aliphatic carbocycles. The molecule has 0 saturated carbocycles. The van der Waals surface area contributed by atoms with Crippen LogP contribution in [0.2, 0.25) is 10.0 Å². The van der Waals surface area contributed by atoms with Gasteiger partial charge in [-0.2, -0.15) is 0 Å². The van der Waals surface area contributed by atoms with Crippen molar-refractivity contribution in [1.29, 1.82) is 0 Å². The summed E-state index contributed by atoms with van der Waals surface area (Å²) in [6, 6.07) is 15.2. The molecule has 0 saturated heterocycles. The van der Waals surface area contributed by atoms with Gasteiger partial charge in [0, 0.05) is 5.02 Å². The minimum absolute atomic E-state index is 0.0763. The van der Waals surface area contributed by atoms with Crippen molar-refractivity contribution in [1.82, 2.24) is 0 Å². The van der Waals surface area contributed by atoms with Gasteiger partial charge in [-0.3, -0.25) is 0 Å². The Morgan fingerprint density at radius 1 is 1.10 bits per heavy atom. The Kier molecular flexibility index (Phi) is 5.57. The second-order valence-corrected chi connectivity index (χ2v) is 5.31. The van der Waals surface area contributed by atoms with E-state index in [1.165, 1.54) is 0 Å². The fourth-order valence-corrected chi connectivity index (χ4v) is 2.17. The fourth-order valence-electron chi connectivity index (χ4n) is 1.82. The number of anilines is 1. The van der Waals surface area contributed by atoms with Crippen LogP contribution in [0.5, 0.6) is 5.75 Å². The predicted octanol–water partition coefficient (Wildman–Crippen LogP) is 5.26. The van der Waals surface area contributed by atoms with Crippen molar-refractivity contribution in [2.24, 2.45) is 0 Å². The standard InChI is InChI=1S/C16H17Cl2NO/c1-2-13(20-14-6-4-3-5-7-14)11-19-16-10-12(17)8-9-15(16)18/h3-10,13,19H,2,11H2,1H3. The summed E-state index contributed by atoms with van der Waals surface area (Å²) in [5.74, 6) is 0.873. The van der Waals surface area contributed by atoms with Gasteiger partial charge in [-0.15, -0.1) is 0 Å². The molecule has 20 heavy (non-hydrogen) atoms. The van der Waals surface area contributed by atoms with Gasteiger partial charge in [0.25, 0.3) is 0 Å². The van der Waals surface area contributed by atoms with Crippen LogP contribution in [-0.2, 0) is 0 Å². The minimum Gasteiger partial charge on any atom is -0.489 e. The van der Waals surface area contributed by atoms with Crippen LogP contribution in [0.1, 0.15) is 13.3 Å². The van der Waals surface area contributed by atoms with Crippen LogP contribution in [0, 0.1) is 0 Å². The zero-order chi connectivity index (χ0) is 14.4. The third kappa shape index (κ3) is 4.32. The number of para-hydroxylation sites is 1. The maximum absolute atomic E-state index is 6.12. The van der Waals surface area contributed by atoms with Crippen LogP contribution >= 0.6 is 23.2 Å². The Hall–Kier alpha value is -1.38. The molecule has 4 heteroatoms. The summed E-state index contributed by atoms with van der Waals surface area (Å²) in [5, 5.41) is 4.60. The summed E-state index contributed by atoms with van der Waals surface area (Å²) >= 11 is 12.1. The third-order valence-corrected chi connectivity index (χ3v) is 3.51. The van der Waals surface area contributed by atoms with E-state index in [2.05, 4.69) is 12.2 Å². The topological polar surface area (TPSA) is 21.3 Å². The molecule has 0 amide bonds. The van der Waals surface area contributed by atoms with Crippen molar-refractivity contribution in [3.63, 3.8) is 0 Å². The van der Waals surface area contributed by atoms with Crippen LogP contribution in [-0.4, -0.2) is 12.6 Å². The number of hydrogen-bond donors (Lipinski definition) is 1. The Balaban J connectivity index is 1.95. The average molecular weight is 310 g/mol. The first-order valence-electron chi connectivity index (χ1n) is 6.59. The zero-order valence-electron chi connectivity index (χ0n) is 11.3. The van der Waals surface area contributed by atoms with Gasteiger partial charge in [0.2, 0.25) is 0 Å². The molecule has 2 rings (SSSR count). The van der Waals surface area contributed by atoms with Gasteiger partial charge in [0.15, 0.2) is 0 Å². The van der Waals surface area contributed by atoms with Crippen molar-refractivity contribution in [2.75, 3.05) is 11.9 Å². The normalized spacial score (nSPS) is 11.9. The van der Waals surface area contributed by atoms with Crippen molar-refractivity contribution in [3.8, 4) is 5.75 Å². The highest BCUT2D eigenvalue weighted by molar-refractivity contribution is 6.35. The summed E-state index contributed by atoms with van der Waals surface area (Å²) in [6.07, 6.45) is 0.979. The molecule has 1 atom stereocenters. The van der Waals surface area contributed by atoms with Gasteiger partial charge in [-0.25, -0.2) is 0 Å². The Bertz CT molecular complexity index is 545. The molecule has 0 heterocycles. The molecule has 0 aliphatic rings. The van der Waals surface area contributed by atoms with Crippen LogP contribution in [0.4, 0.5) is 5.69 Å². The Morgan fingerprint density at radius 2 is 1.85 bits per heavy atom. The monoisotopic (exact) mass is 309 g/mol. The molecule has 0 spiro atoms. The summed E-state index contributed by atoms with van der Waals surface area (Å²) in [6.45, 7) is 2.76. The number of hydrogen-bond acceptors (Lipinski definition) is 2. The van der Waals surface area contributed by atoms with E-state index in [1.54, 1.807) is 12.1 Å². The molecule has 2 nitrogen and oxygen atoms in total. The lowest BCUT2D eigenvalue weighted by atomic mass is 10.2. The first kappa shape index (κ1) is 15.0. The van der Waals surface area contributed by atoms with Crippen LogP contribution in [0.15, 0.2) is 48.5 Å². The van der Waals surface area contributed by atoms with Gasteiger partial charge in [0.1, 0.15) is 11.9 Å². The molecule has 0 aromatic heterocycles. The van der Waals surface area contributed by atoms with E-state index in [-0.39, 0.29) is 6.10 Å². The number of ether oxygens (including phenoxy) is 1. The van der Waals surface area contributed by atoms with Crippen molar-refractivity contribution in [3.05, 3.63) is 58.6 Å².